The normalized spacial score (nSPS) is 11.7. The number of halogens is 3. The molecule has 66 valence electrons. The summed E-state index contributed by atoms with van der Waals surface area (Å²) in [6, 6.07) is 1.78. The summed E-state index contributed by atoms with van der Waals surface area (Å²) >= 11 is 0. The Balaban J connectivity index is 3.00. The fourth-order valence-corrected chi connectivity index (χ4v) is 0.718. The van der Waals surface area contributed by atoms with E-state index < -0.39 is 18.4 Å². The second kappa shape index (κ2) is 2.69. The SMILES string of the molecule is CC(=O)c1ccc([B-](F)(F)F)o1. The molecule has 1 aromatic rings. The Morgan fingerprint density at radius 2 is 2.00 bits per heavy atom. The van der Waals surface area contributed by atoms with Crippen molar-refractivity contribution < 1.29 is 22.2 Å². The lowest BCUT2D eigenvalue weighted by Gasteiger charge is -2.09. The molecule has 1 heterocycles. The molecule has 0 aromatic carbocycles. The van der Waals surface area contributed by atoms with Gasteiger partial charge >= 0.3 is 6.98 Å². The van der Waals surface area contributed by atoms with E-state index in [0.29, 0.717) is 0 Å². The minimum atomic E-state index is -5.13. The van der Waals surface area contributed by atoms with Gasteiger partial charge in [0.15, 0.2) is 11.5 Å². The minimum absolute atomic E-state index is 0.260. The molecule has 0 fully saturated rings. The molecule has 2 nitrogen and oxygen atoms in total. The van der Waals surface area contributed by atoms with E-state index in [0.717, 1.165) is 19.1 Å². The highest BCUT2D eigenvalue weighted by Gasteiger charge is 2.30. The van der Waals surface area contributed by atoms with Crippen LogP contribution in [0.2, 0.25) is 0 Å². The number of furan rings is 1. The number of ketones is 1. The summed E-state index contributed by atoms with van der Waals surface area (Å²) in [7, 11) is 0. The maximum atomic E-state index is 11.9. The van der Waals surface area contributed by atoms with Gasteiger partial charge in [-0.2, -0.15) is 0 Å². The van der Waals surface area contributed by atoms with E-state index in [1.807, 2.05) is 0 Å². The highest BCUT2D eigenvalue weighted by molar-refractivity contribution is 6.72. The molecule has 0 aliphatic heterocycles. The van der Waals surface area contributed by atoms with Crippen molar-refractivity contribution in [3.8, 4) is 0 Å². The van der Waals surface area contributed by atoms with Gasteiger partial charge in [-0.1, -0.05) is 6.07 Å². The topological polar surface area (TPSA) is 30.2 Å². The minimum Gasteiger partial charge on any atom is -0.490 e. The molecule has 0 aliphatic rings. The van der Waals surface area contributed by atoms with Gasteiger partial charge in [0.1, 0.15) is 0 Å². The first-order chi connectivity index (χ1) is 5.41. The fraction of sp³-hybridized carbons (Fsp3) is 0.167. The van der Waals surface area contributed by atoms with Crippen LogP contribution in [0.4, 0.5) is 12.9 Å². The van der Waals surface area contributed by atoms with E-state index in [2.05, 4.69) is 4.42 Å². The summed E-state index contributed by atoms with van der Waals surface area (Å²) in [4.78, 5) is 10.5. The van der Waals surface area contributed by atoms with Gasteiger partial charge < -0.3 is 17.4 Å². The Labute approximate surface area is 66.4 Å². The molecular formula is C6H5BF3O2-. The number of carbonyl (C=O) groups is 1. The van der Waals surface area contributed by atoms with E-state index in [1.54, 1.807) is 0 Å². The van der Waals surface area contributed by atoms with Gasteiger partial charge in [0, 0.05) is 12.6 Å². The lowest BCUT2D eigenvalue weighted by molar-refractivity contribution is 0.0988. The second-order valence-corrected chi connectivity index (χ2v) is 2.33. The van der Waals surface area contributed by atoms with Crippen molar-refractivity contribution in [2.24, 2.45) is 0 Å². The number of hydrogen-bond acceptors (Lipinski definition) is 2. The predicted molar refractivity (Wildman–Crippen MR) is 37.4 cm³/mol. The average Bonchev–Trinajstić information content (AvgIpc) is 2.30. The standard InChI is InChI=1S/C6H5BF3O2/c1-4(11)5-2-3-6(12-5)7(8,9)10/h2-3H,1H3/q-1. The molecule has 1 aromatic heterocycles. The van der Waals surface area contributed by atoms with Crippen molar-refractivity contribution in [2.75, 3.05) is 0 Å². The van der Waals surface area contributed by atoms with Gasteiger partial charge in [-0.3, -0.25) is 4.79 Å². The molecule has 12 heavy (non-hydrogen) atoms. The van der Waals surface area contributed by atoms with Gasteiger partial charge in [0.2, 0.25) is 0 Å². The van der Waals surface area contributed by atoms with Crippen LogP contribution in [0.5, 0.6) is 0 Å². The molecule has 0 atom stereocenters. The van der Waals surface area contributed by atoms with E-state index >= 15 is 0 Å². The molecule has 0 amide bonds. The Morgan fingerprint density at radius 1 is 1.42 bits per heavy atom. The van der Waals surface area contributed by atoms with Crippen molar-refractivity contribution in [3.63, 3.8) is 0 Å². The van der Waals surface area contributed by atoms with E-state index in [4.69, 9.17) is 0 Å². The van der Waals surface area contributed by atoms with Crippen molar-refractivity contribution in [1.29, 1.82) is 0 Å². The predicted octanol–water partition coefficient (Wildman–Crippen LogP) is 1.54. The van der Waals surface area contributed by atoms with Gasteiger partial charge in [0.25, 0.3) is 0 Å². The summed E-state index contributed by atoms with van der Waals surface area (Å²) in [5.41, 5.74) is -1.08. The van der Waals surface area contributed by atoms with Crippen LogP contribution >= 0.6 is 0 Å². The number of rotatable bonds is 2. The zero-order valence-corrected chi connectivity index (χ0v) is 6.18. The molecule has 0 N–H and O–H groups in total. The van der Waals surface area contributed by atoms with Crippen molar-refractivity contribution >= 4 is 18.4 Å². The smallest absolute Gasteiger partial charge is 0.490 e. The Morgan fingerprint density at radius 3 is 2.25 bits per heavy atom. The zero-order chi connectivity index (χ0) is 9.35. The first-order valence-electron chi connectivity index (χ1n) is 3.22. The van der Waals surface area contributed by atoms with Crippen molar-refractivity contribution in [1.82, 2.24) is 0 Å². The molecule has 0 aliphatic carbocycles. The number of Topliss-reactive ketones (excluding diaryl/α,β-unsaturated/α-hetero) is 1. The van der Waals surface area contributed by atoms with Crippen LogP contribution in [0.1, 0.15) is 17.5 Å². The highest BCUT2D eigenvalue weighted by atomic mass is 19.4. The molecule has 0 unspecified atom stereocenters. The molecule has 0 radical (unpaired) electrons. The van der Waals surface area contributed by atoms with Crippen LogP contribution in [0, 0.1) is 0 Å². The van der Waals surface area contributed by atoms with Crippen LogP contribution in [-0.4, -0.2) is 12.8 Å². The third-order valence-electron chi connectivity index (χ3n) is 1.30. The van der Waals surface area contributed by atoms with Crippen LogP contribution in [-0.2, 0) is 0 Å². The summed E-state index contributed by atoms with van der Waals surface area (Å²) < 4.78 is 40.0. The maximum Gasteiger partial charge on any atom is 0.544 e. The third-order valence-corrected chi connectivity index (χ3v) is 1.30. The first kappa shape index (κ1) is 8.90. The molecule has 0 bridgehead atoms. The van der Waals surface area contributed by atoms with Crippen LogP contribution < -0.4 is 5.66 Å². The van der Waals surface area contributed by atoms with Gasteiger partial charge in [0.05, 0.1) is 0 Å². The Kier molecular flexibility index (Phi) is 2.00. The van der Waals surface area contributed by atoms with Crippen molar-refractivity contribution in [2.45, 2.75) is 6.92 Å². The Hall–Kier alpha value is -1.20. The van der Waals surface area contributed by atoms with E-state index in [1.165, 1.54) is 0 Å². The largest absolute Gasteiger partial charge is 0.544 e. The molecular weight excluding hydrogens is 172 g/mol. The van der Waals surface area contributed by atoms with E-state index in [9.17, 15) is 17.7 Å². The average molecular weight is 177 g/mol. The highest BCUT2D eigenvalue weighted by Crippen LogP contribution is 2.11. The summed E-state index contributed by atoms with van der Waals surface area (Å²) in [5.74, 6) is -0.773. The van der Waals surface area contributed by atoms with Gasteiger partial charge in [-0.05, 0) is 6.07 Å². The van der Waals surface area contributed by atoms with Gasteiger partial charge in [-0.15, -0.1) is 0 Å². The quantitative estimate of drug-likeness (QED) is 0.506. The van der Waals surface area contributed by atoms with Crippen molar-refractivity contribution in [3.05, 3.63) is 17.9 Å². The molecule has 1 rings (SSSR count). The summed E-state index contributed by atoms with van der Waals surface area (Å²) in [6.45, 7) is -3.99. The summed E-state index contributed by atoms with van der Waals surface area (Å²) in [6.07, 6.45) is 0. The fourth-order valence-electron chi connectivity index (χ4n) is 0.718. The lowest BCUT2D eigenvalue weighted by atomic mass is 9.88. The zero-order valence-electron chi connectivity index (χ0n) is 6.18. The monoisotopic (exact) mass is 177 g/mol. The molecule has 0 saturated heterocycles. The van der Waals surface area contributed by atoms with E-state index in [-0.39, 0.29) is 5.76 Å². The Bertz CT molecular complexity index is 302. The molecule has 0 saturated carbocycles. The summed E-state index contributed by atoms with van der Waals surface area (Å²) in [5, 5.41) is 0. The van der Waals surface area contributed by atoms with Crippen LogP contribution in [0.15, 0.2) is 16.5 Å². The van der Waals surface area contributed by atoms with Crippen LogP contribution in [0.25, 0.3) is 0 Å². The molecule has 0 spiro atoms. The third kappa shape index (κ3) is 1.69. The second-order valence-electron chi connectivity index (χ2n) is 2.33. The molecule has 6 heteroatoms. The number of hydrogen-bond donors (Lipinski definition) is 0. The van der Waals surface area contributed by atoms with Gasteiger partial charge in [-0.25, -0.2) is 0 Å². The maximum absolute atomic E-state index is 11.9. The number of carbonyl (C=O) groups excluding carboxylic acids is 1. The lowest BCUT2D eigenvalue weighted by Crippen LogP contribution is -2.32. The first-order valence-corrected chi connectivity index (χ1v) is 3.22. The van der Waals surface area contributed by atoms with Crippen LogP contribution in [0.3, 0.4) is 0 Å².